The molecule has 0 unspecified atom stereocenters. The van der Waals surface area contributed by atoms with Crippen LogP contribution in [0.3, 0.4) is 0 Å². The quantitative estimate of drug-likeness (QED) is 0.575. The van der Waals surface area contributed by atoms with Crippen LogP contribution < -0.4 is 0 Å². The molecule has 0 amide bonds. The molecule has 0 saturated carbocycles. The molecule has 0 aliphatic heterocycles. The lowest BCUT2D eigenvalue weighted by Crippen LogP contribution is -1.93. The minimum Gasteiger partial charge on any atom is -0.264 e. The fraction of sp³-hybridized carbons (Fsp3) is 0. The molecule has 0 bridgehead atoms. The van der Waals surface area contributed by atoms with Gasteiger partial charge >= 0.3 is 0 Å². The van der Waals surface area contributed by atoms with Crippen LogP contribution in [0.15, 0.2) is 42.7 Å². The highest BCUT2D eigenvalue weighted by atomic mass is 19.1. The SMILES string of the molecule is O=[N+]([O-])c1ccccc1-c1cnccc1F. The van der Waals surface area contributed by atoms with Crippen LogP contribution >= 0.6 is 0 Å². The lowest BCUT2D eigenvalue weighted by Gasteiger charge is -2.03. The summed E-state index contributed by atoms with van der Waals surface area (Å²) < 4.78 is 13.5. The molecule has 0 spiro atoms. The van der Waals surface area contributed by atoms with Crippen LogP contribution in [0.4, 0.5) is 10.1 Å². The molecule has 0 saturated heterocycles. The number of nitro benzene ring substituents is 1. The van der Waals surface area contributed by atoms with Gasteiger partial charge < -0.3 is 0 Å². The summed E-state index contributed by atoms with van der Waals surface area (Å²) in [6.07, 6.45) is 2.57. The van der Waals surface area contributed by atoms with Gasteiger partial charge in [-0.3, -0.25) is 15.1 Å². The number of benzene rings is 1. The van der Waals surface area contributed by atoms with Crippen molar-refractivity contribution in [2.75, 3.05) is 0 Å². The molecule has 2 aromatic rings. The molecule has 1 heterocycles. The van der Waals surface area contributed by atoms with Crippen LogP contribution in [-0.2, 0) is 0 Å². The normalized spacial score (nSPS) is 10.1. The summed E-state index contributed by atoms with van der Waals surface area (Å²) >= 11 is 0. The van der Waals surface area contributed by atoms with Crippen molar-refractivity contribution < 1.29 is 9.31 Å². The molecule has 0 fully saturated rings. The lowest BCUT2D eigenvalue weighted by molar-refractivity contribution is -0.384. The molecule has 0 atom stereocenters. The Morgan fingerprint density at radius 3 is 2.62 bits per heavy atom. The Kier molecular flexibility index (Phi) is 2.59. The van der Waals surface area contributed by atoms with Gasteiger partial charge in [0.1, 0.15) is 5.82 Å². The Morgan fingerprint density at radius 1 is 1.19 bits per heavy atom. The minimum absolute atomic E-state index is 0.130. The van der Waals surface area contributed by atoms with E-state index >= 15 is 0 Å². The molecule has 5 heteroatoms. The fourth-order valence-corrected chi connectivity index (χ4v) is 1.44. The van der Waals surface area contributed by atoms with Gasteiger partial charge in [-0.2, -0.15) is 0 Å². The van der Waals surface area contributed by atoms with Crippen molar-refractivity contribution >= 4 is 5.69 Å². The van der Waals surface area contributed by atoms with E-state index in [9.17, 15) is 14.5 Å². The highest BCUT2D eigenvalue weighted by molar-refractivity contribution is 5.73. The molecule has 2 rings (SSSR count). The molecular formula is C11H7FN2O2. The van der Waals surface area contributed by atoms with Crippen molar-refractivity contribution in [2.45, 2.75) is 0 Å². The number of nitro groups is 1. The Balaban J connectivity index is 2.65. The number of hydrogen-bond acceptors (Lipinski definition) is 3. The van der Waals surface area contributed by atoms with E-state index in [0.29, 0.717) is 0 Å². The first-order valence-corrected chi connectivity index (χ1v) is 4.53. The second-order valence-electron chi connectivity index (χ2n) is 3.13. The number of pyridine rings is 1. The van der Waals surface area contributed by atoms with Crippen molar-refractivity contribution in [1.29, 1.82) is 0 Å². The minimum atomic E-state index is -0.540. The van der Waals surface area contributed by atoms with Crippen LogP contribution in [-0.4, -0.2) is 9.91 Å². The monoisotopic (exact) mass is 218 g/mol. The van der Waals surface area contributed by atoms with E-state index in [4.69, 9.17) is 0 Å². The molecular weight excluding hydrogens is 211 g/mol. The van der Waals surface area contributed by atoms with Gasteiger partial charge in [-0.05, 0) is 12.1 Å². The standard InChI is InChI=1S/C11H7FN2O2/c12-10-5-6-13-7-9(10)8-3-1-2-4-11(8)14(15)16/h1-7H. The zero-order valence-electron chi connectivity index (χ0n) is 8.13. The second-order valence-corrected chi connectivity index (χ2v) is 3.13. The third-order valence-corrected chi connectivity index (χ3v) is 2.16. The predicted octanol–water partition coefficient (Wildman–Crippen LogP) is 2.80. The summed E-state index contributed by atoms with van der Waals surface area (Å²) in [5, 5.41) is 10.8. The summed E-state index contributed by atoms with van der Waals surface area (Å²) in [4.78, 5) is 14.0. The zero-order valence-corrected chi connectivity index (χ0v) is 8.13. The molecule has 16 heavy (non-hydrogen) atoms. The van der Waals surface area contributed by atoms with Gasteiger partial charge in [0.25, 0.3) is 5.69 Å². The third kappa shape index (κ3) is 1.75. The summed E-state index contributed by atoms with van der Waals surface area (Å²) in [5.74, 6) is -0.524. The second kappa shape index (κ2) is 4.06. The Labute approximate surface area is 90.5 Å². The molecule has 0 aliphatic carbocycles. The summed E-state index contributed by atoms with van der Waals surface area (Å²) in [6.45, 7) is 0. The number of halogens is 1. The first-order chi connectivity index (χ1) is 7.70. The Hall–Kier alpha value is -2.30. The van der Waals surface area contributed by atoms with Crippen LogP contribution in [0, 0.1) is 15.9 Å². The van der Waals surface area contributed by atoms with Crippen molar-refractivity contribution in [3.05, 3.63) is 58.7 Å². The summed E-state index contributed by atoms with van der Waals surface area (Å²) in [6, 6.07) is 7.16. The molecule has 80 valence electrons. The van der Waals surface area contributed by atoms with E-state index in [1.54, 1.807) is 6.07 Å². The maximum Gasteiger partial charge on any atom is 0.277 e. The highest BCUT2D eigenvalue weighted by Gasteiger charge is 2.16. The maximum atomic E-state index is 13.5. The van der Waals surface area contributed by atoms with Crippen LogP contribution in [0.25, 0.3) is 11.1 Å². The largest absolute Gasteiger partial charge is 0.277 e. The van der Waals surface area contributed by atoms with E-state index in [1.165, 1.54) is 36.7 Å². The molecule has 1 aromatic carbocycles. The highest BCUT2D eigenvalue weighted by Crippen LogP contribution is 2.30. The van der Waals surface area contributed by atoms with Crippen LogP contribution in [0.1, 0.15) is 0 Å². The van der Waals surface area contributed by atoms with E-state index in [0.717, 1.165) is 0 Å². The molecule has 0 N–H and O–H groups in total. The van der Waals surface area contributed by atoms with Gasteiger partial charge in [0.05, 0.1) is 10.5 Å². The van der Waals surface area contributed by atoms with E-state index < -0.39 is 10.7 Å². The summed E-state index contributed by atoms with van der Waals surface area (Å²) in [7, 11) is 0. The Morgan fingerprint density at radius 2 is 1.94 bits per heavy atom. The van der Waals surface area contributed by atoms with Crippen molar-refractivity contribution in [3.8, 4) is 11.1 Å². The van der Waals surface area contributed by atoms with Crippen LogP contribution in [0.5, 0.6) is 0 Å². The average Bonchev–Trinajstić information content (AvgIpc) is 2.29. The van der Waals surface area contributed by atoms with Gasteiger partial charge in [0.2, 0.25) is 0 Å². The van der Waals surface area contributed by atoms with E-state index in [1.807, 2.05) is 0 Å². The maximum absolute atomic E-state index is 13.5. The van der Waals surface area contributed by atoms with Crippen molar-refractivity contribution in [3.63, 3.8) is 0 Å². The number of nitrogens with zero attached hydrogens (tertiary/aromatic N) is 2. The topological polar surface area (TPSA) is 56.0 Å². The number of hydrogen-bond donors (Lipinski definition) is 0. The van der Waals surface area contributed by atoms with Gasteiger partial charge in [0.15, 0.2) is 0 Å². The van der Waals surface area contributed by atoms with Gasteiger partial charge in [-0.15, -0.1) is 0 Å². The van der Waals surface area contributed by atoms with Crippen molar-refractivity contribution in [1.82, 2.24) is 4.98 Å². The van der Waals surface area contributed by atoms with Crippen molar-refractivity contribution in [2.24, 2.45) is 0 Å². The lowest BCUT2D eigenvalue weighted by atomic mass is 10.1. The first kappa shape index (κ1) is 10.2. The first-order valence-electron chi connectivity index (χ1n) is 4.53. The molecule has 0 radical (unpaired) electrons. The fourth-order valence-electron chi connectivity index (χ4n) is 1.44. The molecule has 4 nitrogen and oxygen atoms in total. The number of para-hydroxylation sites is 1. The average molecular weight is 218 g/mol. The van der Waals surface area contributed by atoms with Gasteiger partial charge in [0, 0.05) is 24.0 Å². The smallest absolute Gasteiger partial charge is 0.264 e. The number of aromatic nitrogens is 1. The van der Waals surface area contributed by atoms with E-state index in [-0.39, 0.29) is 16.8 Å². The third-order valence-electron chi connectivity index (χ3n) is 2.16. The van der Waals surface area contributed by atoms with Crippen LogP contribution in [0.2, 0.25) is 0 Å². The Bertz CT molecular complexity index is 543. The molecule has 1 aromatic heterocycles. The zero-order chi connectivity index (χ0) is 11.5. The van der Waals surface area contributed by atoms with Gasteiger partial charge in [-0.25, -0.2) is 4.39 Å². The van der Waals surface area contributed by atoms with Gasteiger partial charge in [-0.1, -0.05) is 12.1 Å². The molecule has 0 aliphatic rings. The summed E-state index contributed by atoms with van der Waals surface area (Å²) in [5.41, 5.74) is 0.238. The predicted molar refractivity (Wildman–Crippen MR) is 56.3 cm³/mol. The van der Waals surface area contributed by atoms with E-state index in [2.05, 4.69) is 4.98 Å². The number of rotatable bonds is 2.